The molecule has 0 spiro atoms. The molecular formula is C11H23NO. The van der Waals surface area contributed by atoms with Gasteiger partial charge in [-0.25, -0.2) is 0 Å². The maximum atomic E-state index is 5.84. The van der Waals surface area contributed by atoms with Crippen LogP contribution in [0.1, 0.15) is 45.4 Å². The van der Waals surface area contributed by atoms with Crippen LogP contribution in [0.15, 0.2) is 0 Å². The van der Waals surface area contributed by atoms with Crippen molar-refractivity contribution in [2.75, 3.05) is 13.2 Å². The molecule has 1 atom stereocenters. The molecule has 0 aliphatic heterocycles. The molecule has 2 nitrogen and oxygen atoms in total. The molecule has 1 unspecified atom stereocenters. The van der Waals surface area contributed by atoms with Crippen LogP contribution in [0.4, 0.5) is 0 Å². The van der Waals surface area contributed by atoms with E-state index in [2.05, 4.69) is 6.92 Å². The lowest BCUT2D eigenvalue weighted by atomic mass is 10.1. The molecule has 0 aromatic heterocycles. The average molecular weight is 185 g/mol. The maximum absolute atomic E-state index is 5.84. The summed E-state index contributed by atoms with van der Waals surface area (Å²) in [5, 5.41) is 0. The number of hydrogen-bond acceptors (Lipinski definition) is 2. The highest BCUT2D eigenvalue weighted by molar-refractivity contribution is 4.67. The molecule has 0 radical (unpaired) electrons. The van der Waals surface area contributed by atoms with Crippen LogP contribution in [0.5, 0.6) is 0 Å². The molecule has 13 heavy (non-hydrogen) atoms. The van der Waals surface area contributed by atoms with Crippen LogP contribution in [0.2, 0.25) is 0 Å². The standard InChI is InChI=1S/C11H23NO/c1-2-5-11(12)9-13-8-10-6-3-4-7-10/h10-11H,2-9,12H2,1H3. The summed E-state index contributed by atoms with van der Waals surface area (Å²) in [6.07, 6.45) is 7.77. The summed E-state index contributed by atoms with van der Waals surface area (Å²) < 4.78 is 5.61. The van der Waals surface area contributed by atoms with E-state index in [0.29, 0.717) is 0 Å². The van der Waals surface area contributed by atoms with Crippen LogP contribution in [-0.2, 0) is 4.74 Å². The first-order valence-corrected chi connectivity index (χ1v) is 5.66. The van der Waals surface area contributed by atoms with Crippen molar-refractivity contribution in [3.8, 4) is 0 Å². The summed E-state index contributed by atoms with van der Waals surface area (Å²) >= 11 is 0. The van der Waals surface area contributed by atoms with Crippen LogP contribution in [0, 0.1) is 5.92 Å². The smallest absolute Gasteiger partial charge is 0.0617 e. The third-order valence-electron chi connectivity index (χ3n) is 2.82. The number of ether oxygens (including phenoxy) is 1. The van der Waals surface area contributed by atoms with Crippen LogP contribution in [0.3, 0.4) is 0 Å². The van der Waals surface area contributed by atoms with E-state index >= 15 is 0 Å². The van der Waals surface area contributed by atoms with Crippen molar-refractivity contribution in [1.29, 1.82) is 0 Å². The third kappa shape index (κ3) is 4.63. The monoisotopic (exact) mass is 185 g/mol. The van der Waals surface area contributed by atoms with E-state index in [1.807, 2.05) is 0 Å². The minimum Gasteiger partial charge on any atom is -0.380 e. The van der Waals surface area contributed by atoms with Gasteiger partial charge in [-0.1, -0.05) is 26.2 Å². The highest BCUT2D eigenvalue weighted by Crippen LogP contribution is 2.24. The summed E-state index contributed by atoms with van der Waals surface area (Å²) in [5.41, 5.74) is 5.84. The molecule has 1 saturated carbocycles. The number of nitrogens with two attached hydrogens (primary N) is 1. The van der Waals surface area contributed by atoms with Crippen molar-refractivity contribution in [2.24, 2.45) is 11.7 Å². The lowest BCUT2D eigenvalue weighted by Crippen LogP contribution is -2.26. The van der Waals surface area contributed by atoms with Crippen LogP contribution in [0.25, 0.3) is 0 Å². The lowest BCUT2D eigenvalue weighted by Gasteiger charge is -2.13. The van der Waals surface area contributed by atoms with Crippen molar-refractivity contribution in [3.05, 3.63) is 0 Å². The van der Waals surface area contributed by atoms with Gasteiger partial charge in [-0.15, -0.1) is 0 Å². The first kappa shape index (κ1) is 11.0. The molecule has 2 N–H and O–H groups in total. The molecule has 78 valence electrons. The van der Waals surface area contributed by atoms with Gasteiger partial charge < -0.3 is 10.5 Å². The van der Waals surface area contributed by atoms with Crippen molar-refractivity contribution in [2.45, 2.75) is 51.5 Å². The van der Waals surface area contributed by atoms with E-state index in [1.54, 1.807) is 0 Å². The second-order valence-corrected chi connectivity index (χ2v) is 4.24. The zero-order chi connectivity index (χ0) is 9.52. The van der Waals surface area contributed by atoms with Gasteiger partial charge in [-0.3, -0.25) is 0 Å². The van der Waals surface area contributed by atoms with Gasteiger partial charge in [-0.2, -0.15) is 0 Å². The zero-order valence-corrected chi connectivity index (χ0v) is 8.80. The normalized spacial score (nSPS) is 20.8. The van der Waals surface area contributed by atoms with E-state index in [9.17, 15) is 0 Å². The molecule has 0 aromatic rings. The second-order valence-electron chi connectivity index (χ2n) is 4.24. The summed E-state index contributed by atoms with van der Waals surface area (Å²) in [6, 6.07) is 0.256. The molecule has 0 aromatic carbocycles. The minimum atomic E-state index is 0.256. The maximum Gasteiger partial charge on any atom is 0.0617 e. The third-order valence-corrected chi connectivity index (χ3v) is 2.82. The lowest BCUT2D eigenvalue weighted by molar-refractivity contribution is 0.0887. The summed E-state index contributed by atoms with van der Waals surface area (Å²) in [5.74, 6) is 0.828. The fourth-order valence-corrected chi connectivity index (χ4v) is 2.02. The zero-order valence-electron chi connectivity index (χ0n) is 8.80. The Hall–Kier alpha value is -0.0800. The van der Waals surface area contributed by atoms with Gasteiger partial charge in [0.05, 0.1) is 6.61 Å². The molecule has 0 bridgehead atoms. The topological polar surface area (TPSA) is 35.2 Å². The van der Waals surface area contributed by atoms with Crippen molar-refractivity contribution < 1.29 is 4.74 Å². The van der Waals surface area contributed by atoms with Crippen molar-refractivity contribution in [3.63, 3.8) is 0 Å². The van der Waals surface area contributed by atoms with E-state index in [-0.39, 0.29) is 6.04 Å². The molecule has 1 fully saturated rings. The van der Waals surface area contributed by atoms with Gasteiger partial charge in [0, 0.05) is 12.6 Å². The van der Waals surface area contributed by atoms with Gasteiger partial charge in [0.25, 0.3) is 0 Å². The minimum absolute atomic E-state index is 0.256. The van der Waals surface area contributed by atoms with Crippen molar-refractivity contribution >= 4 is 0 Å². The molecule has 1 aliphatic carbocycles. The first-order valence-electron chi connectivity index (χ1n) is 5.66. The quantitative estimate of drug-likeness (QED) is 0.689. The van der Waals surface area contributed by atoms with E-state index in [1.165, 1.54) is 25.7 Å². The number of rotatable bonds is 6. The molecule has 1 aliphatic rings. The Kier molecular flexibility index (Phi) is 5.40. The first-order chi connectivity index (χ1) is 6.33. The Labute approximate surface area is 81.8 Å². The predicted octanol–water partition coefficient (Wildman–Crippen LogP) is 2.32. The van der Waals surface area contributed by atoms with Gasteiger partial charge in [-0.05, 0) is 25.2 Å². The molecule has 0 heterocycles. The van der Waals surface area contributed by atoms with E-state index < -0.39 is 0 Å². The Morgan fingerprint density at radius 1 is 1.38 bits per heavy atom. The van der Waals surface area contributed by atoms with Gasteiger partial charge in [0.2, 0.25) is 0 Å². The van der Waals surface area contributed by atoms with Gasteiger partial charge >= 0.3 is 0 Å². The predicted molar refractivity (Wildman–Crippen MR) is 55.7 cm³/mol. The van der Waals surface area contributed by atoms with E-state index in [4.69, 9.17) is 10.5 Å². The molecular weight excluding hydrogens is 162 g/mol. The molecule has 0 amide bonds. The van der Waals surface area contributed by atoms with Crippen molar-refractivity contribution in [1.82, 2.24) is 0 Å². The fourth-order valence-electron chi connectivity index (χ4n) is 2.02. The summed E-state index contributed by atoms with van der Waals surface area (Å²) in [4.78, 5) is 0. The van der Waals surface area contributed by atoms with E-state index in [0.717, 1.165) is 32.0 Å². The largest absolute Gasteiger partial charge is 0.380 e. The fraction of sp³-hybridized carbons (Fsp3) is 1.00. The summed E-state index contributed by atoms with van der Waals surface area (Å²) in [6.45, 7) is 3.86. The Morgan fingerprint density at radius 2 is 2.08 bits per heavy atom. The second kappa shape index (κ2) is 6.39. The molecule has 0 saturated heterocycles. The average Bonchev–Trinajstić information content (AvgIpc) is 2.57. The Morgan fingerprint density at radius 3 is 2.69 bits per heavy atom. The highest BCUT2D eigenvalue weighted by Gasteiger charge is 2.15. The van der Waals surface area contributed by atoms with Gasteiger partial charge in [0.1, 0.15) is 0 Å². The SMILES string of the molecule is CCCC(N)COCC1CCCC1. The number of hydrogen-bond donors (Lipinski definition) is 1. The Balaban J connectivity index is 1.93. The highest BCUT2D eigenvalue weighted by atomic mass is 16.5. The molecule has 1 rings (SSSR count). The van der Waals surface area contributed by atoms with Gasteiger partial charge in [0.15, 0.2) is 0 Å². The van der Waals surface area contributed by atoms with Crippen LogP contribution in [-0.4, -0.2) is 19.3 Å². The molecule has 2 heteroatoms. The summed E-state index contributed by atoms with van der Waals surface area (Å²) in [7, 11) is 0. The van der Waals surface area contributed by atoms with Crippen LogP contribution >= 0.6 is 0 Å². The Bertz CT molecular complexity index is 121. The van der Waals surface area contributed by atoms with Crippen LogP contribution < -0.4 is 5.73 Å².